The van der Waals surface area contributed by atoms with Crippen LogP contribution in [0.5, 0.6) is 0 Å². The number of rotatable bonds is 4. The average molecular weight is 607 g/mol. The quantitative estimate of drug-likeness (QED) is 0.239. The van der Waals surface area contributed by atoms with Gasteiger partial charge in [-0.1, -0.05) is 78.5 Å². The third-order valence-corrected chi connectivity index (χ3v) is 3.32. The number of benzene rings is 3. The van der Waals surface area contributed by atoms with Gasteiger partial charge in [0.2, 0.25) is 0 Å². The van der Waals surface area contributed by atoms with Crippen molar-refractivity contribution in [1.82, 2.24) is 0 Å². The summed E-state index contributed by atoms with van der Waals surface area (Å²) in [5.41, 5.74) is 4.58. The minimum atomic E-state index is 0.657. The fourth-order valence-electron chi connectivity index (χ4n) is 2.25. The van der Waals surface area contributed by atoms with Gasteiger partial charge in [0.15, 0.2) is 0 Å². The fraction of sp³-hybridized carbons (Fsp3) is 0.136. The fourth-order valence-corrected chi connectivity index (χ4v) is 2.25. The molecule has 0 amide bonds. The molecule has 0 spiro atoms. The van der Waals surface area contributed by atoms with Crippen LogP contribution in [0.1, 0.15) is 11.1 Å². The van der Waals surface area contributed by atoms with E-state index in [9.17, 15) is 0 Å². The van der Waals surface area contributed by atoms with Crippen LogP contribution in [0, 0.1) is 0 Å². The Morgan fingerprint density at radius 1 is 0.808 bits per heavy atom. The standard InChI is InChI=1S/C20H16N.C2H6S.BrH.Pt/c1-3-9-17(10-4-1)15-21-16-19-13-7-8-14-20(19)18-11-5-2-6-12-18;1-3-2;;/h1-14H,15H2;1-2H3;1H;/q-1;;;+2/p-1. The molecular formula is C22H22BrNPtS. The van der Waals surface area contributed by atoms with Crippen molar-refractivity contribution in [3.63, 3.8) is 0 Å². The van der Waals surface area contributed by atoms with Crippen LogP contribution in [0.2, 0.25) is 0 Å². The Balaban J connectivity index is 0.000000615. The van der Waals surface area contributed by atoms with E-state index in [1.807, 2.05) is 78.8 Å². The van der Waals surface area contributed by atoms with E-state index < -0.39 is 0 Å². The smallest absolute Gasteiger partial charge is 0.0494 e. The molecule has 0 aliphatic carbocycles. The van der Waals surface area contributed by atoms with E-state index in [-0.39, 0.29) is 0 Å². The number of nitrogens with zero attached hydrogens (tertiary/aromatic N) is 1. The average Bonchev–Trinajstić information content (AvgIpc) is 2.72. The summed E-state index contributed by atoms with van der Waals surface area (Å²) in [7, 11) is 0. The monoisotopic (exact) mass is 606 g/mol. The maximum absolute atomic E-state index is 4.45. The van der Waals surface area contributed by atoms with Crippen molar-refractivity contribution in [3.8, 4) is 11.1 Å². The van der Waals surface area contributed by atoms with Crippen molar-refractivity contribution in [3.05, 3.63) is 96.1 Å². The molecule has 0 aromatic heterocycles. The Morgan fingerprint density at radius 2 is 1.31 bits per heavy atom. The van der Waals surface area contributed by atoms with E-state index in [2.05, 4.69) is 60.9 Å². The molecule has 0 saturated heterocycles. The summed E-state index contributed by atoms with van der Waals surface area (Å²) in [6, 6.07) is 28.8. The van der Waals surface area contributed by atoms with E-state index in [1.54, 1.807) is 11.8 Å². The normalized spacial score (nSPS) is 9.73. The Labute approximate surface area is 179 Å². The van der Waals surface area contributed by atoms with Gasteiger partial charge in [-0.05, 0) is 18.1 Å². The van der Waals surface area contributed by atoms with Gasteiger partial charge in [0.05, 0.1) is 0 Å². The first kappa shape index (κ1) is 22.9. The molecular weight excluding hydrogens is 585 g/mol. The molecule has 0 saturated carbocycles. The maximum atomic E-state index is 4.45. The van der Waals surface area contributed by atoms with E-state index >= 15 is 0 Å². The van der Waals surface area contributed by atoms with E-state index in [0.717, 1.165) is 11.1 Å². The summed E-state index contributed by atoms with van der Waals surface area (Å²) < 4.78 is 0. The molecule has 0 bridgehead atoms. The number of thioether (sulfide) groups is 1. The number of hydrogen-bond donors (Lipinski definition) is 0. The third-order valence-electron chi connectivity index (χ3n) is 3.32. The first-order valence-electron chi connectivity index (χ1n) is 7.98. The predicted octanol–water partition coefficient (Wildman–Crippen LogP) is 6.67. The summed E-state index contributed by atoms with van der Waals surface area (Å²) in [6.07, 6.45) is 7.27. The van der Waals surface area contributed by atoms with Gasteiger partial charge in [0, 0.05) is 6.54 Å². The minimum Gasteiger partial charge on any atom is -0.355 e. The molecule has 0 aliphatic rings. The van der Waals surface area contributed by atoms with Gasteiger partial charge in [0.1, 0.15) is 0 Å². The molecule has 0 atom stereocenters. The molecule has 0 aliphatic heterocycles. The Morgan fingerprint density at radius 3 is 1.92 bits per heavy atom. The van der Waals surface area contributed by atoms with Gasteiger partial charge < -0.3 is 4.99 Å². The summed E-state index contributed by atoms with van der Waals surface area (Å²) in [5.74, 6) is 0. The first-order chi connectivity index (χ1) is 12.8. The topological polar surface area (TPSA) is 12.4 Å². The molecule has 1 nitrogen and oxygen atoms in total. The molecule has 26 heavy (non-hydrogen) atoms. The Kier molecular flexibility index (Phi) is 13.2. The first-order valence-corrected chi connectivity index (χ1v) is 14.6. The van der Waals surface area contributed by atoms with Crippen LogP contribution in [0.25, 0.3) is 11.1 Å². The van der Waals surface area contributed by atoms with Crippen LogP contribution in [0.3, 0.4) is 0 Å². The van der Waals surface area contributed by atoms with Gasteiger partial charge in [-0.15, -0.1) is 17.7 Å². The third kappa shape index (κ3) is 8.49. The van der Waals surface area contributed by atoms with E-state index in [0.29, 0.717) is 6.54 Å². The summed E-state index contributed by atoms with van der Waals surface area (Å²) in [5, 5.41) is 0. The summed E-state index contributed by atoms with van der Waals surface area (Å²) in [4.78, 5) is 4.45. The van der Waals surface area contributed by atoms with Crippen LogP contribution >= 0.6 is 25.1 Å². The van der Waals surface area contributed by atoms with Crippen molar-refractivity contribution >= 4 is 31.3 Å². The molecule has 0 radical (unpaired) electrons. The zero-order chi connectivity index (χ0) is 19.0. The zero-order valence-electron chi connectivity index (χ0n) is 14.8. The van der Waals surface area contributed by atoms with Crippen LogP contribution in [-0.2, 0) is 24.3 Å². The van der Waals surface area contributed by atoms with Crippen LogP contribution in [0.15, 0.2) is 89.9 Å². The molecule has 138 valence electrons. The second-order valence-corrected chi connectivity index (χ2v) is 6.05. The van der Waals surface area contributed by atoms with Gasteiger partial charge in [-0.3, -0.25) is 0 Å². The molecule has 0 N–H and O–H groups in total. The zero-order valence-corrected chi connectivity index (χ0v) is 19.5. The van der Waals surface area contributed by atoms with Gasteiger partial charge in [0.25, 0.3) is 0 Å². The Bertz CT molecular complexity index is 748. The van der Waals surface area contributed by atoms with Crippen molar-refractivity contribution in [2.24, 2.45) is 4.99 Å². The van der Waals surface area contributed by atoms with Crippen molar-refractivity contribution < 1.29 is 17.8 Å². The molecule has 4 heteroatoms. The van der Waals surface area contributed by atoms with Gasteiger partial charge in [-0.25, -0.2) is 0 Å². The molecule has 3 aromatic carbocycles. The largest absolute Gasteiger partial charge is 0.355 e. The second kappa shape index (κ2) is 15.0. The van der Waals surface area contributed by atoms with Crippen LogP contribution in [0.4, 0.5) is 0 Å². The van der Waals surface area contributed by atoms with Crippen LogP contribution < -0.4 is 0 Å². The molecule has 3 aromatic rings. The Hall–Kier alpha value is -1.15. The number of hydrogen-bond acceptors (Lipinski definition) is 2. The molecule has 0 unspecified atom stereocenters. The molecule has 3 rings (SSSR count). The molecule has 0 fully saturated rings. The van der Waals surface area contributed by atoms with Crippen molar-refractivity contribution in [2.45, 2.75) is 6.54 Å². The number of halogens is 1. The SMILES string of the molecule is CSC.[Br][Pt+].[C-](=NCc1ccccc1)c1ccccc1-c1ccccc1. The maximum Gasteiger partial charge on any atom is 0.0494 e. The van der Waals surface area contributed by atoms with Crippen molar-refractivity contribution in [1.29, 1.82) is 0 Å². The van der Waals surface area contributed by atoms with E-state index in [4.69, 9.17) is 0 Å². The van der Waals surface area contributed by atoms with Crippen molar-refractivity contribution in [2.75, 3.05) is 12.5 Å². The minimum absolute atomic E-state index is 0.657. The summed E-state index contributed by atoms with van der Waals surface area (Å²) >= 11 is 6.61. The van der Waals surface area contributed by atoms with Crippen LogP contribution in [-0.4, -0.2) is 18.7 Å². The molecule has 0 heterocycles. The van der Waals surface area contributed by atoms with Gasteiger partial charge >= 0.3 is 31.1 Å². The number of aliphatic imine (C=N–C) groups is 1. The van der Waals surface area contributed by atoms with E-state index in [1.165, 1.54) is 11.1 Å². The summed E-state index contributed by atoms with van der Waals surface area (Å²) in [6.45, 7) is 0.657. The predicted molar refractivity (Wildman–Crippen MR) is 117 cm³/mol. The second-order valence-electron chi connectivity index (χ2n) is 5.23. The van der Waals surface area contributed by atoms with Gasteiger partial charge in [-0.2, -0.15) is 23.4 Å².